The third kappa shape index (κ3) is 2.77. The molecule has 1 saturated heterocycles. The van der Waals surface area contributed by atoms with Crippen LogP contribution in [0.5, 0.6) is 0 Å². The van der Waals surface area contributed by atoms with Crippen LogP contribution in [0.1, 0.15) is 18.5 Å². The molecule has 0 bridgehead atoms. The van der Waals surface area contributed by atoms with Crippen LogP contribution >= 0.6 is 0 Å². The van der Waals surface area contributed by atoms with Crippen molar-refractivity contribution in [1.29, 1.82) is 0 Å². The first-order valence-corrected chi connectivity index (χ1v) is 7.00. The predicted molar refractivity (Wildman–Crippen MR) is 78.5 cm³/mol. The van der Waals surface area contributed by atoms with Crippen LogP contribution in [0.3, 0.4) is 0 Å². The van der Waals surface area contributed by atoms with Crippen LogP contribution < -0.4 is 4.90 Å². The van der Waals surface area contributed by atoms with Gasteiger partial charge in [-0.25, -0.2) is 9.97 Å². The highest BCUT2D eigenvalue weighted by Crippen LogP contribution is 2.21. The number of hydrogen-bond acceptors (Lipinski definition) is 5. The molecule has 1 fully saturated rings. The summed E-state index contributed by atoms with van der Waals surface area (Å²) in [7, 11) is 0. The highest BCUT2D eigenvalue weighted by atomic mass is 15.3. The van der Waals surface area contributed by atoms with Gasteiger partial charge in [0.25, 0.3) is 0 Å². The second-order valence-corrected chi connectivity index (χ2v) is 5.03. The van der Waals surface area contributed by atoms with Gasteiger partial charge in [-0.1, -0.05) is 6.07 Å². The molecule has 1 aliphatic rings. The third-order valence-corrected chi connectivity index (χ3v) is 3.86. The summed E-state index contributed by atoms with van der Waals surface area (Å²) in [5.74, 6) is 0.834. The summed E-state index contributed by atoms with van der Waals surface area (Å²) in [6.07, 6.45) is 7.37. The number of nitrogens with zero attached hydrogens (tertiary/aromatic N) is 5. The zero-order chi connectivity index (χ0) is 13.8. The van der Waals surface area contributed by atoms with E-state index in [-0.39, 0.29) is 0 Å². The molecule has 20 heavy (non-hydrogen) atoms. The first-order chi connectivity index (χ1) is 9.84. The molecule has 3 rings (SSSR count). The summed E-state index contributed by atoms with van der Waals surface area (Å²) in [6.45, 7) is 6.22. The maximum absolute atomic E-state index is 4.32. The molecule has 1 unspecified atom stereocenters. The molecule has 0 radical (unpaired) electrons. The van der Waals surface area contributed by atoms with Crippen molar-refractivity contribution in [3.8, 4) is 0 Å². The Labute approximate surface area is 119 Å². The molecule has 5 heteroatoms. The van der Waals surface area contributed by atoms with Crippen molar-refractivity contribution in [3.63, 3.8) is 0 Å². The Morgan fingerprint density at radius 2 is 1.75 bits per heavy atom. The monoisotopic (exact) mass is 269 g/mol. The van der Waals surface area contributed by atoms with Gasteiger partial charge in [0.2, 0.25) is 5.95 Å². The Kier molecular flexibility index (Phi) is 3.87. The molecule has 0 spiro atoms. The zero-order valence-electron chi connectivity index (χ0n) is 11.7. The smallest absolute Gasteiger partial charge is 0.225 e. The van der Waals surface area contributed by atoms with E-state index in [4.69, 9.17) is 0 Å². The molecule has 2 aromatic rings. The molecule has 3 heterocycles. The molecule has 5 nitrogen and oxygen atoms in total. The zero-order valence-corrected chi connectivity index (χ0v) is 11.7. The van der Waals surface area contributed by atoms with E-state index < -0.39 is 0 Å². The molecular weight excluding hydrogens is 250 g/mol. The first kappa shape index (κ1) is 13.0. The lowest BCUT2D eigenvalue weighted by molar-refractivity contribution is 0.197. The molecule has 2 aromatic heterocycles. The van der Waals surface area contributed by atoms with Crippen LogP contribution in [-0.2, 0) is 0 Å². The molecule has 0 aromatic carbocycles. The van der Waals surface area contributed by atoms with Gasteiger partial charge < -0.3 is 4.90 Å². The van der Waals surface area contributed by atoms with E-state index in [1.165, 1.54) is 5.56 Å². The van der Waals surface area contributed by atoms with Gasteiger partial charge >= 0.3 is 0 Å². The van der Waals surface area contributed by atoms with Gasteiger partial charge in [-0.05, 0) is 24.6 Å². The minimum absolute atomic E-state index is 0.405. The molecule has 1 atom stereocenters. The molecule has 0 amide bonds. The highest BCUT2D eigenvalue weighted by molar-refractivity contribution is 5.29. The maximum atomic E-state index is 4.32. The van der Waals surface area contributed by atoms with E-state index in [1.54, 1.807) is 12.4 Å². The fraction of sp³-hybridized carbons (Fsp3) is 0.400. The van der Waals surface area contributed by atoms with Crippen LogP contribution in [0.15, 0.2) is 43.0 Å². The summed E-state index contributed by atoms with van der Waals surface area (Å²) >= 11 is 0. The number of rotatable bonds is 3. The fourth-order valence-corrected chi connectivity index (χ4v) is 2.60. The van der Waals surface area contributed by atoms with Crippen LogP contribution in [0, 0.1) is 0 Å². The van der Waals surface area contributed by atoms with Crippen LogP contribution in [0.25, 0.3) is 0 Å². The second kappa shape index (κ2) is 5.96. The van der Waals surface area contributed by atoms with Gasteiger partial charge in [0, 0.05) is 57.0 Å². The molecule has 0 saturated carbocycles. The van der Waals surface area contributed by atoms with E-state index >= 15 is 0 Å². The van der Waals surface area contributed by atoms with E-state index in [1.807, 2.05) is 24.5 Å². The Balaban J connectivity index is 1.61. The second-order valence-electron chi connectivity index (χ2n) is 5.03. The largest absolute Gasteiger partial charge is 0.338 e. The Bertz CT molecular complexity index is 522. The lowest BCUT2D eigenvalue weighted by Crippen LogP contribution is -2.47. The first-order valence-electron chi connectivity index (χ1n) is 7.00. The molecular formula is C15H19N5. The average Bonchev–Trinajstić information content (AvgIpc) is 2.56. The lowest BCUT2D eigenvalue weighted by atomic mass is 10.1. The standard InChI is InChI=1S/C15H19N5/c1-13(14-4-2-5-16-12-14)19-8-10-20(11-9-19)15-17-6-3-7-18-15/h2-7,12-13H,8-11H2,1H3. The van der Waals surface area contributed by atoms with E-state index in [0.29, 0.717) is 6.04 Å². The Morgan fingerprint density at radius 3 is 2.40 bits per heavy atom. The number of hydrogen-bond donors (Lipinski definition) is 0. The lowest BCUT2D eigenvalue weighted by Gasteiger charge is -2.38. The summed E-state index contributed by atoms with van der Waals surface area (Å²) < 4.78 is 0. The predicted octanol–water partition coefficient (Wildman–Crippen LogP) is 1.75. The van der Waals surface area contributed by atoms with Crippen molar-refractivity contribution in [3.05, 3.63) is 48.5 Å². The van der Waals surface area contributed by atoms with Gasteiger partial charge in [-0.3, -0.25) is 9.88 Å². The maximum Gasteiger partial charge on any atom is 0.225 e. The normalized spacial score (nSPS) is 17.9. The Morgan fingerprint density at radius 1 is 1.00 bits per heavy atom. The summed E-state index contributed by atoms with van der Waals surface area (Å²) in [4.78, 5) is 17.6. The quantitative estimate of drug-likeness (QED) is 0.849. The number of anilines is 1. The average molecular weight is 269 g/mol. The summed E-state index contributed by atoms with van der Waals surface area (Å²) in [5.41, 5.74) is 1.27. The summed E-state index contributed by atoms with van der Waals surface area (Å²) in [5, 5.41) is 0. The third-order valence-electron chi connectivity index (χ3n) is 3.86. The number of pyridine rings is 1. The topological polar surface area (TPSA) is 45.2 Å². The van der Waals surface area contributed by atoms with Crippen molar-refractivity contribution in [1.82, 2.24) is 19.9 Å². The van der Waals surface area contributed by atoms with Crippen LogP contribution in [-0.4, -0.2) is 46.0 Å². The van der Waals surface area contributed by atoms with Crippen molar-refractivity contribution >= 4 is 5.95 Å². The van der Waals surface area contributed by atoms with E-state index in [0.717, 1.165) is 32.1 Å². The number of piperazine rings is 1. The fourth-order valence-electron chi connectivity index (χ4n) is 2.60. The van der Waals surface area contributed by atoms with Crippen LogP contribution in [0.4, 0.5) is 5.95 Å². The Hall–Kier alpha value is -2.01. The van der Waals surface area contributed by atoms with Gasteiger partial charge in [-0.15, -0.1) is 0 Å². The van der Waals surface area contributed by atoms with Crippen LogP contribution in [0.2, 0.25) is 0 Å². The molecule has 1 aliphatic heterocycles. The summed E-state index contributed by atoms with van der Waals surface area (Å²) in [6, 6.07) is 6.40. The molecule has 0 aliphatic carbocycles. The molecule has 0 N–H and O–H groups in total. The van der Waals surface area contributed by atoms with Crippen molar-refractivity contribution in [2.75, 3.05) is 31.1 Å². The van der Waals surface area contributed by atoms with Gasteiger partial charge in [0.15, 0.2) is 0 Å². The highest BCUT2D eigenvalue weighted by Gasteiger charge is 2.23. The SMILES string of the molecule is CC(c1cccnc1)N1CCN(c2ncccn2)CC1. The van der Waals surface area contributed by atoms with Crippen molar-refractivity contribution < 1.29 is 0 Å². The minimum atomic E-state index is 0.405. The van der Waals surface area contributed by atoms with E-state index in [2.05, 4.69) is 37.7 Å². The minimum Gasteiger partial charge on any atom is -0.338 e. The van der Waals surface area contributed by atoms with Gasteiger partial charge in [0.1, 0.15) is 0 Å². The van der Waals surface area contributed by atoms with Crippen molar-refractivity contribution in [2.24, 2.45) is 0 Å². The van der Waals surface area contributed by atoms with Crippen molar-refractivity contribution in [2.45, 2.75) is 13.0 Å². The molecule has 104 valence electrons. The number of aromatic nitrogens is 3. The van der Waals surface area contributed by atoms with Gasteiger partial charge in [-0.2, -0.15) is 0 Å². The van der Waals surface area contributed by atoms with Gasteiger partial charge in [0.05, 0.1) is 0 Å². The van der Waals surface area contributed by atoms with E-state index in [9.17, 15) is 0 Å².